The Morgan fingerprint density at radius 1 is 1.29 bits per heavy atom. The number of aliphatic carboxylic acids is 1. The predicted molar refractivity (Wildman–Crippen MR) is 75.4 cm³/mol. The van der Waals surface area contributed by atoms with Crippen LogP contribution < -0.4 is 5.32 Å². The quantitative estimate of drug-likeness (QED) is 0.682. The van der Waals surface area contributed by atoms with Gasteiger partial charge in [0.25, 0.3) is 0 Å². The van der Waals surface area contributed by atoms with Crippen LogP contribution in [0.25, 0.3) is 0 Å². The van der Waals surface area contributed by atoms with Gasteiger partial charge < -0.3 is 15.5 Å². The van der Waals surface area contributed by atoms with Gasteiger partial charge >= 0.3 is 11.9 Å². The minimum Gasteiger partial charge on any atom is -0.480 e. The lowest BCUT2D eigenvalue weighted by atomic mass is 10.1. The number of nitrogens with one attached hydrogen (secondary N) is 1. The van der Waals surface area contributed by atoms with Crippen molar-refractivity contribution >= 4 is 11.9 Å². The summed E-state index contributed by atoms with van der Waals surface area (Å²) in [7, 11) is 0. The van der Waals surface area contributed by atoms with Crippen molar-refractivity contribution in [2.75, 3.05) is 26.2 Å². The zero-order chi connectivity index (χ0) is 15.2. The average Bonchev–Trinajstić information content (AvgIpc) is 2.48. The average molecular weight is 293 g/mol. The van der Waals surface area contributed by atoms with Crippen LogP contribution in [0.5, 0.6) is 0 Å². The first-order valence-corrected chi connectivity index (χ1v) is 6.93. The maximum absolute atomic E-state index is 11.4. The Labute approximate surface area is 122 Å². The molecular formula is C14H19N3O4. The van der Waals surface area contributed by atoms with Crippen molar-refractivity contribution in [3.05, 3.63) is 29.6 Å². The minimum absolute atomic E-state index is 0.135. The molecule has 2 heterocycles. The topological polar surface area (TPSA) is 103 Å². The number of pyridine rings is 1. The molecule has 0 bridgehead atoms. The molecule has 0 saturated carbocycles. The minimum atomic E-state index is -1.02. The summed E-state index contributed by atoms with van der Waals surface area (Å²) in [5.74, 6) is -1.84. The standard InChI is InChI=1S/C14H19N3O4/c18-13(19)10-1-2-11(16-9-10)3-4-12(14(20)21)17-7-5-15-6-8-17/h1-2,9,12,15H,3-8H2,(H,18,19)(H,20,21). The number of aromatic nitrogens is 1. The fourth-order valence-electron chi connectivity index (χ4n) is 2.44. The second kappa shape index (κ2) is 7.14. The van der Waals surface area contributed by atoms with Crippen LogP contribution in [0.4, 0.5) is 0 Å². The number of hydrogen-bond acceptors (Lipinski definition) is 5. The lowest BCUT2D eigenvalue weighted by molar-refractivity contribution is -0.143. The van der Waals surface area contributed by atoms with Gasteiger partial charge in [-0.2, -0.15) is 0 Å². The van der Waals surface area contributed by atoms with E-state index in [9.17, 15) is 14.7 Å². The highest BCUT2D eigenvalue weighted by atomic mass is 16.4. The van der Waals surface area contributed by atoms with Crippen molar-refractivity contribution in [1.82, 2.24) is 15.2 Å². The first-order chi connectivity index (χ1) is 10.1. The fourth-order valence-corrected chi connectivity index (χ4v) is 2.44. The van der Waals surface area contributed by atoms with Crippen molar-refractivity contribution in [3.8, 4) is 0 Å². The molecule has 1 saturated heterocycles. The third-order valence-electron chi connectivity index (χ3n) is 3.62. The van der Waals surface area contributed by atoms with Gasteiger partial charge in [0.15, 0.2) is 0 Å². The van der Waals surface area contributed by atoms with Crippen molar-refractivity contribution in [3.63, 3.8) is 0 Å². The largest absolute Gasteiger partial charge is 0.480 e. The van der Waals surface area contributed by atoms with Gasteiger partial charge in [-0.05, 0) is 25.0 Å². The number of rotatable bonds is 6. The van der Waals surface area contributed by atoms with E-state index in [0.29, 0.717) is 18.5 Å². The van der Waals surface area contributed by atoms with Crippen LogP contribution in [0.3, 0.4) is 0 Å². The summed E-state index contributed by atoms with van der Waals surface area (Å²) in [4.78, 5) is 28.2. The summed E-state index contributed by atoms with van der Waals surface area (Å²) in [5, 5.41) is 21.4. The number of piperazine rings is 1. The van der Waals surface area contributed by atoms with E-state index in [4.69, 9.17) is 5.11 Å². The fraction of sp³-hybridized carbons (Fsp3) is 0.500. The molecule has 0 aromatic carbocycles. The molecule has 1 aliphatic heterocycles. The Balaban J connectivity index is 1.94. The second-order valence-electron chi connectivity index (χ2n) is 5.02. The molecule has 1 atom stereocenters. The third kappa shape index (κ3) is 4.24. The van der Waals surface area contributed by atoms with Gasteiger partial charge in [0.05, 0.1) is 5.56 Å². The van der Waals surface area contributed by atoms with Crippen LogP contribution >= 0.6 is 0 Å². The number of carbonyl (C=O) groups is 2. The number of hydrogen-bond donors (Lipinski definition) is 3. The SMILES string of the molecule is O=C(O)c1ccc(CCC(C(=O)O)N2CCNCC2)nc1. The Kier molecular flexibility index (Phi) is 5.24. The molecule has 1 unspecified atom stereocenters. The Hall–Kier alpha value is -1.99. The van der Waals surface area contributed by atoms with Crippen LogP contribution in [0.1, 0.15) is 22.5 Å². The molecule has 0 aliphatic carbocycles. The van der Waals surface area contributed by atoms with Crippen LogP contribution in [0.15, 0.2) is 18.3 Å². The highest BCUT2D eigenvalue weighted by molar-refractivity contribution is 5.87. The number of aryl methyl sites for hydroxylation is 1. The normalized spacial score (nSPS) is 17.3. The van der Waals surface area contributed by atoms with Crippen LogP contribution in [0.2, 0.25) is 0 Å². The maximum Gasteiger partial charge on any atom is 0.337 e. The number of carboxylic acids is 2. The number of carboxylic acid groups (broad SMARTS) is 2. The first kappa shape index (κ1) is 15.4. The maximum atomic E-state index is 11.4. The van der Waals surface area contributed by atoms with E-state index in [1.54, 1.807) is 6.07 Å². The third-order valence-corrected chi connectivity index (χ3v) is 3.62. The Morgan fingerprint density at radius 3 is 2.52 bits per heavy atom. The summed E-state index contributed by atoms with van der Waals surface area (Å²) >= 11 is 0. The van der Waals surface area contributed by atoms with Gasteiger partial charge in [-0.25, -0.2) is 4.79 Å². The first-order valence-electron chi connectivity index (χ1n) is 6.93. The number of nitrogens with zero attached hydrogens (tertiary/aromatic N) is 2. The molecule has 1 aliphatic rings. The van der Waals surface area contributed by atoms with E-state index >= 15 is 0 Å². The van der Waals surface area contributed by atoms with E-state index in [-0.39, 0.29) is 5.56 Å². The zero-order valence-electron chi connectivity index (χ0n) is 11.7. The highest BCUT2D eigenvalue weighted by Crippen LogP contribution is 2.11. The lowest BCUT2D eigenvalue weighted by Gasteiger charge is -2.32. The molecular weight excluding hydrogens is 274 g/mol. The Morgan fingerprint density at radius 2 is 2.00 bits per heavy atom. The van der Waals surface area contributed by atoms with E-state index < -0.39 is 18.0 Å². The summed E-state index contributed by atoms with van der Waals surface area (Å²) in [6.07, 6.45) is 2.29. The van der Waals surface area contributed by atoms with E-state index in [2.05, 4.69) is 10.3 Å². The van der Waals surface area contributed by atoms with Crippen LogP contribution in [-0.4, -0.2) is 64.3 Å². The van der Waals surface area contributed by atoms with E-state index in [1.807, 2.05) is 4.90 Å². The monoisotopic (exact) mass is 293 g/mol. The predicted octanol–water partition coefficient (Wildman–Crippen LogP) is 0.0708. The van der Waals surface area contributed by atoms with Crippen molar-refractivity contribution in [2.24, 2.45) is 0 Å². The molecule has 0 amide bonds. The molecule has 2 rings (SSSR count). The summed E-state index contributed by atoms with van der Waals surface area (Å²) in [5.41, 5.74) is 0.844. The zero-order valence-corrected chi connectivity index (χ0v) is 11.7. The number of aromatic carboxylic acids is 1. The smallest absolute Gasteiger partial charge is 0.337 e. The van der Waals surface area contributed by atoms with Gasteiger partial charge in [0.2, 0.25) is 0 Å². The molecule has 1 aromatic rings. The van der Waals surface area contributed by atoms with Crippen LogP contribution in [-0.2, 0) is 11.2 Å². The van der Waals surface area contributed by atoms with E-state index in [0.717, 1.165) is 26.2 Å². The molecule has 114 valence electrons. The van der Waals surface area contributed by atoms with Crippen LogP contribution in [0, 0.1) is 0 Å². The van der Waals surface area contributed by atoms with Crippen molar-refractivity contribution < 1.29 is 19.8 Å². The van der Waals surface area contributed by atoms with Gasteiger partial charge in [0.1, 0.15) is 6.04 Å². The van der Waals surface area contributed by atoms with Gasteiger partial charge in [-0.3, -0.25) is 14.7 Å². The van der Waals surface area contributed by atoms with Gasteiger partial charge in [0, 0.05) is 38.1 Å². The molecule has 0 spiro atoms. The van der Waals surface area contributed by atoms with E-state index in [1.165, 1.54) is 12.3 Å². The summed E-state index contributed by atoms with van der Waals surface area (Å²) in [6.45, 7) is 3.05. The van der Waals surface area contributed by atoms with Crippen molar-refractivity contribution in [1.29, 1.82) is 0 Å². The summed E-state index contributed by atoms with van der Waals surface area (Å²) in [6, 6.07) is 2.61. The lowest BCUT2D eigenvalue weighted by Crippen LogP contribution is -2.51. The molecule has 0 radical (unpaired) electrons. The van der Waals surface area contributed by atoms with Gasteiger partial charge in [-0.1, -0.05) is 0 Å². The highest BCUT2D eigenvalue weighted by Gasteiger charge is 2.26. The summed E-state index contributed by atoms with van der Waals surface area (Å²) < 4.78 is 0. The van der Waals surface area contributed by atoms with Crippen molar-refractivity contribution in [2.45, 2.75) is 18.9 Å². The molecule has 1 fully saturated rings. The molecule has 3 N–H and O–H groups in total. The molecule has 7 heteroatoms. The Bertz CT molecular complexity index is 497. The second-order valence-corrected chi connectivity index (χ2v) is 5.02. The van der Waals surface area contributed by atoms with Gasteiger partial charge in [-0.15, -0.1) is 0 Å². The molecule has 7 nitrogen and oxygen atoms in total. The molecule has 21 heavy (non-hydrogen) atoms. The molecule has 1 aromatic heterocycles.